The van der Waals surface area contributed by atoms with Crippen LogP contribution in [0.15, 0.2) is 12.1 Å². The molecule has 0 spiro atoms. The van der Waals surface area contributed by atoms with Gasteiger partial charge in [-0.25, -0.2) is 4.39 Å². The third-order valence-electron chi connectivity index (χ3n) is 4.51. The molecule has 2 aliphatic rings. The summed E-state index contributed by atoms with van der Waals surface area (Å²) >= 11 is 0. The maximum Gasteiger partial charge on any atom is 0.167 e. The Morgan fingerprint density at radius 1 is 1.25 bits per heavy atom. The largest absolute Gasteiger partial charge is 0.488 e. The van der Waals surface area contributed by atoms with Gasteiger partial charge in [-0.3, -0.25) is 0 Å². The molecule has 3 nitrogen and oxygen atoms in total. The zero-order valence-corrected chi connectivity index (χ0v) is 12.2. The van der Waals surface area contributed by atoms with Gasteiger partial charge >= 0.3 is 0 Å². The number of hydrogen-bond acceptors (Lipinski definition) is 3. The van der Waals surface area contributed by atoms with Crippen molar-refractivity contribution in [3.63, 3.8) is 0 Å². The van der Waals surface area contributed by atoms with Crippen molar-refractivity contribution in [3.8, 4) is 5.75 Å². The quantitative estimate of drug-likeness (QED) is 0.861. The number of halogens is 1. The second kappa shape index (κ2) is 5.15. The molecular formula is C16H23FN2O. The van der Waals surface area contributed by atoms with Crippen molar-refractivity contribution in [2.45, 2.75) is 39.2 Å². The minimum atomic E-state index is -0.376. The molecule has 1 aliphatic heterocycles. The average molecular weight is 278 g/mol. The number of nitrogens with zero attached hydrogens (tertiary/aromatic N) is 1. The van der Waals surface area contributed by atoms with Crippen LogP contribution in [0.4, 0.5) is 15.8 Å². The van der Waals surface area contributed by atoms with Crippen molar-refractivity contribution in [3.05, 3.63) is 17.9 Å². The van der Waals surface area contributed by atoms with E-state index < -0.39 is 0 Å². The third kappa shape index (κ3) is 2.43. The summed E-state index contributed by atoms with van der Waals surface area (Å²) in [6.07, 6.45) is 3.94. The van der Waals surface area contributed by atoms with Gasteiger partial charge in [-0.05, 0) is 38.5 Å². The fourth-order valence-corrected chi connectivity index (χ4v) is 3.61. The van der Waals surface area contributed by atoms with Crippen LogP contribution in [0, 0.1) is 17.7 Å². The minimum absolute atomic E-state index is 0.0427. The van der Waals surface area contributed by atoms with Gasteiger partial charge in [0.15, 0.2) is 11.6 Å². The summed E-state index contributed by atoms with van der Waals surface area (Å²) in [5, 5.41) is 0. The number of nitrogen functional groups attached to an aromatic ring is 1. The van der Waals surface area contributed by atoms with Gasteiger partial charge in [0, 0.05) is 25.2 Å². The van der Waals surface area contributed by atoms with E-state index in [0.717, 1.165) is 30.6 Å². The molecule has 110 valence electrons. The first kappa shape index (κ1) is 13.5. The Hall–Kier alpha value is -1.45. The lowest BCUT2D eigenvalue weighted by molar-refractivity contribution is 0.231. The lowest BCUT2D eigenvalue weighted by atomic mass is 10.0. The SMILES string of the molecule is CC(C)Oc1cc(N2CC3CCCC3C2)c(N)cc1F. The number of anilines is 2. The summed E-state index contributed by atoms with van der Waals surface area (Å²) in [5.74, 6) is 1.50. The summed E-state index contributed by atoms with van der Waals surface area (Å²) in [6, 6.07) is 3.16. The van der Waals surface area contributed by atoms with E-state index in [4.69, 9.17) is 10.5 Å². The van der Waals surface area contributed by atoms with Crippen LogP contribution in [0.5, 0.6) is 5.75 Å². The molecule has 1 saturated heterocycles. The van der Waals surface area contributed by atoms with Gasteiger partial charge < -0.3 is 15.4 Å². The highest BCUT2D eigenvalue weighted by molar-refractivity contribution is 5.70. The fraction of sp³-hybridized carbons (Fsp3) is 0.625. The Morgan fingerprint density at radius 3 is 2.50 bits per heavy atom. The molecular weight excluding hydrogens is 255 g/mol. The maximum atomic E-state index is 13.9. The van der Waals surface area contributed by atoms with Crippen LogP contribution in [0.1, 0.15) is 33.1 Å². The van der Waals surface area contributed by atoms with E-state index in [1.165, 1.54) is 25.3 Å². The van der Waals surface area contributed by atoms with Crippen LogP contribution >= 0.6 is 0 Å². The molecule has 1 aromatic carbocycles. The van der Waals surface area contributed by atoms with Crippen LogP contribution in [0.2, 0.25) is 0 Å². The normalized spacial score (nSPS) is 25.3. The molecule has 4 heteroatoms. The molecule has 1 aromatic rings. The summed E-state index contributed by atoms with van der Waals surface area (Å²) < 4.78 is 19.4. The predicted octanol–water partition coefficient (Wildman–Crippen LogP) is 3.43. The van der Waals surface area contributed by atoms with Crippen molar-refractivity contribution in [1.82, 2.24) is 0 Å². The molecule has 0 amide bonds. The molecule has 1 aliphatic carbocycles. The van der Waals surface area contributed by atoms with E-state index >= 15 is 0 Å². The summed E-state index contributed by atoms with van der Waals surface area (Å²) in [6.45, 7) is 5.88. The third-order valence-corrected chi connectivity index (χ3v) is 4.51. The summed E-state index contributed by atoms with van der Waals surface area (Å²) in [7, 11) is 0. The van der Waals surface area contributed by atoms with Crippen molar-refractivity contribution in [2.24, 2.45) is 11.8 Å². The van der Waals surface area contributed by atoms with Crippen LogP contribution in [-0.4, -0.2) is 19.2 Å². The molecule has 0 aromatic heterocycles. The molecule has 0 bridgehead atoms. The average Bonchev–Trinajstić information content (AvgIpc) is 2.92. The standard InChI is InChI=1S/C16H23FN2O/c1-10(2)20-16-7-15(14(18)6-13(16)17)19-8-11-4-3-5-12(11)9-19/h6-7,10-12H,3-5,8-9,18H2,1-2H3. The monoisotopic (exact) mass is 278 g/mol. The summed E-state index contributed by atoms with van der Waals surface area (Å²) in [4.78, 5) is 2.30. The van der Waals surface area contributed by atoms with Gasteiger partial charge in [0.1, 0.15) is 0 Å². The Labute approximate surface area is 119 Å². The smallest absolute Gasteiger partial charge is 0.167 e. The van der Waals surface area contributed by atoms with Crippen LogP contribution in [0.25, 0.3) is 0 Å². The van der Waals surface area contributed by atoms with Gasteiger partial charge in [-0.2, -0.15) is 0 Å². The molecule has 1 saturated carbocycles. The molecule has 0 radical (unpaired) electrons. The van der Waals surface area contributed by atoms with Crippen molar-refractivity contribution >= 4 is 11.4 Å². The second-order valence-electron chi connectivity index (χ2n) is 6.36. The first-order valence-corrected chi connectivity index (χ1v) is 7.55. The van der Waals surface area contributed by atoms with Gasteiger partial charge in [0.2, 0.25) is 0 Å². The Balaban J connectivity index is 1.85. The number of fused-ring (bicyclic) bond motifs is 1. The van der Waals surface area contributed by atoms with Gasteiger partial charge in [0.05, 0.1) is 17.5 Å². The number of nitrogens with two attached hydrogens (primary N) is 1. The number of rotatable bonds is 3. The molecule has 2 atom stereocenters. The lowest BCUT2D eigenvalue weighted by Gasteiger charge is -2.23. The van der Waals surface area contributed by atoms with Gasteiger partial charge in [-0.1, -0.05) is 6.42 Å². The maximum absolute atomic E-state index is 13.9. The zero-order chi connectivity index (χ0) is 14.3. The second-order valence-corrected chi connectivity index (χ2v) is 6.36. The number of benzene rings is 1. The Kier molecular flexibility index (Phi) is 3.48. The van der Waals surface area contributed by atoms with E-state index in [0.29, 0.717) is 11.4 Å². The molecule has 2 N–H and O–H groups in total. The Morgan fingerprint density at radius 2 is 1.90 bits per heavy atom. The highest BCUT2D eigenvalue weighted by Gasteiger charge is 2.36. The highest BCUT2D eigenvalue weighted by atomic mass is 19.1. The van der Waals surface area contributed by atoms with Gasteiger partial charge in [0.25, 0.3) is 0 Å². The minimum Gasteiger partial charge on any atom is -0.488 e. The van der Waals surface area contributed by atoms with Gasteiger partial charge in [-0.15, -0.1) is 0 Å². The van der Waals surface area contributed by atoms with Crippen molar-refractivity contribution in [1.29, 1.82) is 0 Å². The van der Waals surface area contributed by atoms with E-state index in [2.05, 4.69) is 4.90 Å². The van der Waals surface area contributed by atoms with E-state index in [-0.39, 0.29) is 11.9 Å². The zero-order valence-electron chi connectivity index (χ0n) is 12.2. The summed E-state index contributed by atoms with van der Waals surface area (Å²) in [5.41, 5.74) is 7.45. The van der Waals surface area contributed by atoms with E-state index in [1.807, 2.05) is 13.8 Å². The molecule has 3 rings (SSSR count). The van der Waals surface area contributed by atoms with E-state index in [1.54, 1.807) is 6.07 Å². The molecule has 2 fully saturated rings. The van der Waals surface area contributed by atoms with Crippen molar-refractivity contribution in [2.75, 3.05) is 23.7 Å². The fourth-order valence-electron chi connectivity index (χ4n) is 3.61. The number of ether oxygens (including phenoxy) is 1. The molecule has 2 unspecified atom stereocenters. The van der Waals surface area contributed by atoms with Crippen LogP contribution < -0.4 is 15.4 Å². The highest BCUT2D eigenvalue weighted by Crippen LogP contribution is 2.42. The lowest BCUT2D eigenvalue weighted by Crippen LogP contribution is -2.22. The topological polar surface area (TPSA) is 38.5 Å². The Bertz CT molecular complexity index is 491. The van der Waals surface area contributed by atoms with E-state index in [9.17, 15) is 4.39 Å². The first-order valence-electron chi connectivity index (χ1n) is 7.55. The van der Waals surface area contributed by atoms with Crippen LogP contribution in [0.3, 0.4) is 0 Å². The first-order chi connectivity index (χ1) is 9.54. The van der Waals surface area contributed by atoms with Crippen LogP contribution in [-0.2, 0) is 0 Å². The molecule has 20 heavy (non-hydrogen) atoms. The van der Waals surface area contributed by atoms with Crippen molar-refractivity contribution < 1.29 is 9.13 Å². The predicted molar refractivity (Wildman–Crippen MR) is 79.6 cm³/mol. The number of hydrogen-bond donors (Lipinski definition) is 1. The molecule has 1 heterocycles.